The molecule has 0 atom stereocenters. The highest BCUT2D eigenvalue weighted by Gasteiger charge is 2.11. The average molecular weight is 245 g/mol. The minimum Gasteiger partial charge on any atom is -0.481 e. The molecule has 0 bridgehead atoms. The zero-order chi connectivity index (χ0) is 13.0. The summed E-state index contributed by atoms with van der Waals surface area (Å²) in [6.07, 6.45) is 0. The van der Waals surface area contributed by atoms with Crippen LogP contribution in [0.2, 0.25) is 0 Å². The van der Waals surface area contributed by atoms with E-state index in [0.717, 1.165) is 0 Å². The first-order chi connectivity index (χ1) is 8.70. The van der Waals surface area contributed by atoms with Crippen LogP contribution in [0.4, 0.5) is 0 Å². The smallest absolute Gasteiger partial charge is 0.339 e. The lowest BCUT2D eigenvalue weighted by atomic mass is 10.2. The third-order valence-electron chi connectivity index (χ3n) is 2.24. The van der Waals surface area contributed by atoms with Crippen LogP contribution in [0, 0.1) is 0 Å². The van der Waals surface area contributed by atoms with Crippen molar-refractivity contribution in [3.8, 4) is 17.5 Å². The van der Waals surface area contributed by atoms with E-state index < -0.39 is 5.97 Å². The van der Waals surface area contributed by atoms with Crippen LogP contribution in [0.5, 0.6) is 17.5 Å². The number of carbonyl (C=O) groups is 1. The molecule has 1 aromatic carbocycles. The molecule has 0 spiro atoms. The van der Waals surface area contributed by atoms with Gasteiger partial charge in [0.1, 0.15) is 11.3 Å². The number of rotatable bonds is 4. The Hall–Kier alpha value is -2.56. The predicted octanol–water partition coefficient (Wildman–Crippen LogP) is 2.58. The summed E-state index contributed by atoms with van der Waals surface area (Å²) in [7, 11) is 1.50. The number of hydrogen-bond acceptors (Lipinski definition) is 4. The summed E-state index contributed by atoms with van der Waals surface area (Å²) in [4.78, 5) is 15.1. The van der Waals surface area contributed by atoms with Crippen molar-refractivity contribution in [2.24, 2.45) is 0 Å². The van der Waals surface area contributed by atoms with Crippen molar-refractivity contribution < 1.29 is 19.4 Å². The van der Waals surface area contributed by atoms with Gasteiger partial charge >= 0.3 is 5.97 Å². The summed E-state index contributed by atoms with van der Waals surface area (Å²) in [5.41, 5.74) is 0.0853. The van der Waals surface area contributed by atoms with Crippen molar-refractivity contribution in [1.29, 1.82) is 0 Å². The van der Waals surface area contributed by atoms with Gasteiger partial charge < -0.3 is 14.6 Å². The first kappa shape index (κ1) is 11.9. The van der Waals surface area contributed by atoms with Gasteiger partial charge in [-0.3, -0.25) is 0 Å². The zero-order valence-electron chi connectivity index (χ0n) is 9.66. The molecule has 0 amide bonds. The highest BCUT2D eigenvalue weighted by molar-refractivity contribution is 5.90. The lowest BCUT2D eigenvalue weighted by Crippen LogP contribution is -2.00. The topological polar surface area (TPSA) is 68.7 Å². The summed E-state index contributed by atoms with van der Waals surface area (Å²) in [6.45, 7) is 0. The Morgan fingerprint density at radius 1 is 1.11 bits per heavy atom. The van der Waals surface area contributed by atoms with Gasteiger partial charge in [0.05, 0.1) is 7.11 Å². The van der Waals surface area contributed by atoms with Crippen molar-refractivity contribution >= 4 is 5.97 Å². The average Bonchev–Trinajstić information content (AvgIpc) is 2.39. The van der Waals surface area contributed by atoms with E-state index in [2.05, 4.69) is 4.98 Å². The third-order valence-corrected chi connectivity index (χ3v) is 2.24. The first-order valence-electron chi connectivity index (χ1n) is 5.22. The highest BCUT2D eigenvalue weighted by atomic mass is 16.5. The van der Waals surface area contributed by atoms with Crippen LogP contribution < -0.4 is 9.47 Å². The highest BCUT2D eigenvalue weighted by Crippen LogP contribution is 2.24. The van der Waals surface area contributed by atoms with Gasteiger partial charge in [-0.2, -0.15) is 4.98 Å². The minimum absolute atomic E-state index is 0.0853. The lowest BCUT2D eigenvalue weighted by molar-refractivity contribution is 0.0694. The van der Waals surface area contributed by atoms with Crippen molar-refractivity contribution in [3.05, 3.63) is 48.0 Å². The van der Waals surface area contributed by atoms with Crippen molar-refractivity contribution in [3.63, 3.8) is 0 Å². The quantitative estimate of drug-likeness (QED) is 0.896. The van der Waals surface area contributed by atoms with Crippen molar-refractivity contribution in [2.75, 3.05) is 7.11 Å². The van der Waals surface area contributed by atoms with Crippen LogP contribution in [0.1, 0.15) is 10.4 Å². The normalized spacial score (nSPS) is 9.83. The minimum atomic E-state index is -1.05. The standard InChI is InChI=1S/C13H11NO4/c1-17-11-7-4-8-12(14-11)18-10-6-3-2-5-9(10)13(15)16/h2-8H,1H3,(H,15,16). The van der Waals surface area contributed by atoms with E-state index in [1.54, 1.807) is 36.4 Å². The van der Waals surface area contributed by atoms with Crippen LogP contribution >= 0.6 is 0 Å². The maximum Gasteiger partial charge on any atom is 0.339 e. The molecular weight excluding hydrogens is 234 g/mol. The van der Waals surface area contributed by atoms with E-state index >= 15 is 0 Å². The molecule has 2 aromatic rings. The summed E-state index contributed by atoms with van der Waals surface area (Å²) in [5, 5.41) is 9.02. The fourth-order valence-corrected chi connectivity index (χ4v) is 1.41. The Morgan fingerprint density at radius 3 is 2.56 bits per heavy atom. The SMILES string of the molecule is COc1cccc(Oc2ccccc2C(=O)O)n1. The van der Waals surface area contributed by atoms with Gasteiger partial charge in [0.2, 0.25) is 11.8 Å². The Bertz CT molecular complexity index is 568. The molecule has 0 aliphatic carbocycles. The molecular formula is C13H11NO4. The maximum absolute atomic E-state index is 11.0. The van der Waals surface area contributed by atoms with Gasteiger partial charge in [0.15, 0.2) is 0 Å². The molecule has 0 aliphatic rings. The molecule has 1 N–H and O–H groups in total. The molecule has 2 rings (SSSR count). The molecule has 0 radical (unpaired) electrons. The molecule has 5 nitrogen and oxygen atoms in total. The molecule has 0 saturated carbocycles. The number of para-hydroxylation sites is 1. The van der Waals surface area contributed by atoms with E-state index in [4.69, 9.17) is 14.6 Å². The number of carboxylic acids is 1. The number of aromatic carboxylic acids is 1. The number of methoxy groups -OCH3 is 1. The summed E-state index contributed by atoms with van der Waals surface area (Å²) >= 11 is 0. The molecule has 92 valence electrons. The van der Waals surface area contributed by atoms with Crippen LogP contribution in [0.3, 0.4) is 0 Å². The van der Waals surface area contributed by atoms with E-state index in [-0.39, 0.29) is 17.2 Å². The van der Waals surface area contributed by atoms with Crippen LogP contribution in [0.15, 0.2) is 42.5 Å². The summed E-state index contributed by atoms with van der Waals surface area (Å²) in [5.74, 6) is -0.123. The molecule has 0 saturated heterocycles. The molecule has 5 heteroatoms. The van der Waals surface area contributed by atoms with E-state index in [1.165, 1.54) is 13.2 Å². The maximum atomic E-state index is 11.0. The number of hydrogen-bond donors (Lipinski definition) is 1. The molecule has 0 fully saturated rings. The van der Waals surface area contributed by atoms with Crippen molar-refractivity contribution in [2.45, 2.75) is 0 Å². The van der Waals surface area contributed by atoms with E-state index in [1.807, 2.05) is 0 Å². The lowest BCUT2D eigenvalue weighted by Gasteiger charge is -2.08. The number of benzene rings is 1. The number of pyridine rings is 1. The van der Waals surface area contributed by atoms with Crippen LogP contribution in [0.25, 0.3) is 0 Å². The molecule has 18 heavy (non-hydrogen) atoms. The number of carboxylic acid groups (broad SMARTS) is 1. The van der Waals surface area contributed by atoms with Gasteiger partial charge in [-0.25, -0.2) is 4.79 Å². The molecule has 0 aliphatic heterocycles. The summed E-state index contributed by atoms with van der Waals surface area (Å²) in [6, 6.07) is 11.4. The van der Waals surface area contributed by atoms with Crippen LogP contribution in [-0.4, -0.2) is 23.2 Å². The second-order valence-electron chi connectivity index (χ2n) is 3.42. The molecule has 1 aromatic heterocycles. The number of nitrogens with zero attached hydrogens (tertiary/aromatic N) is 1. The Kier molecular flexibility index (Phi) is 3.43. The second kappa shape index (κ2) is 5.18. The number of ether oxygens (including phenoxy) is 2. The Balaban J connectivity index is 2.31. The Morgan fingerprint density at radius 2 is 1.83 bits per heavy atom. The number of aromatic nitrogens is 1. The third kappa shape index (κ3) is 2.57. The van der Waals surface area contributed by atoms with Gasteiger partial charge in [-0.05, 0) is 12.1 Å². The van der Waals surface area contributed by atoms with E-state index in [9.17, 15) is 4.79 Å². The van der Waals surface area contributed by atoms with Gasteiger partial charge in [0, 0.05) is 12.1 Å². The fraction of sp³-hybridized carbons (Fsp3) is 0.0769. The van der Waals surface area contributed by atoms with E-state index in [0.29, 0.717) is 5.88 Å². The first-order valence-corrected chi connectivity index (χ1v) is 5.22. The predicted molar refractivity (Wildman–Crippen MR) is 64.3 cm³/mol. The Labute approximate surface area is 104 Å². The molecule has 1 heterocycles. The zero-order valence-corrected chi connectivity index (χ0v) is 9.66. The van der Waals surface area contributed by atoms with Gasteiger partial charge in [-0.15, -0.1) is 0 Å². The van der Waals surface area contributed by atoms with Gasteiger partial charge in [0.25, 0.3) is 0 Å². The summed E-state index contributed by atoms with van der Waals surface area (Å²) < 4.78 is 10.4. The monoisotopic (exact) mass is 245 g/mol. The second-order valence-corrected chi connectivity index (χ2v) is 3.42. The van der Waals surface area contributed by atoms with Gasteiger partial charge in [-0.1, -0.05) is 18.2 Å². The van der Waals surface area contributed by atoms with Crippen molar-refractivity contribution in [1.82, 2.24) is 4.98 Å². The fourth-order valence-electron chi connectivity index (χ4n) is 1.41. The largest absolute Gasteiger partial charge is 0.481 e. The molecule has 0 unspecified atom stereocenters. The van der Waals surface area contributed by atoms with Crippen LogP contribution in [-0.2, 0) is 0 Å².